The van der Waals surface area contributed by atoms with E-state index in [4.69, 9.17) is 4.42 Å². The Morgan fingerprint density at radius 2 is 1.81 bits per heavy atom. The fourth-order valence-electron chi connectivity index (χ4n) is 3.55. The number of benzene rings is 2. The molecule has 0 saturated heterocycles. The maximum atomic E-state index is 12.8. The lowest BCUT2D eigenvalue weighted by Crippen LogP contribution is -2.28. The maximum Gasteiger partial charge on any atom is 0.261 e. The third-order valence-corrected chi connectivity index (χ3v) is 6.03. The summed E-state index contributed by atoms with van der Waals surface area (Å²) in [4.78, 5) is 44.5. The van der Waals surface area contributed by atoms with Gasteiger partial charge in [0.1, 0.15) is 5.76 Å². The highest BCUT2D eigenvalue weighted by molar-refractivity contribution is 7.15. The lowest BCUT2D eigenvalue weighted by Gasteiger charge is -2.11. The fraction of sp³-hybridized carbons (Fsp3) is 0.0833. The second-order valence-electron chi connectivity index (χ2n) is 7.28. The first-order chi connectivity index (χ1) is 15.6. The lowest BCUT2D eigenvalue weighted by atomic mass is 10.1. The Bertz CT molecular complexity index is 1310. The highest BCUT2D eigenvalue weighted by Gasteiger charge is 2.36. The monoisotopic (exact) mass is 443 g/mol. The summed E-state index contributed by atoms with van der Waals surface area (Å²) in [5.74, 6) is -0.736. The van der Waals surface area contributed by atoms with Crippen molar-refractivity contribution in [2.24, 2.45) is 0 Å². The van der Waals surface area contributed by atoms with Crippen molar-refractivity contribution in [2.45, 2.75) is 13.0 Å². The van der Waals surface area contributed by atoms with E-state index in [1.807, 2.05) is 30.3 Å². The molecule has 1 aliphatic rings. The van der Waals surface area contributed by atoms with Gasteiger partial charge in [-0.3, -0.25) is 24.6 Å². The highest BCUT2D eigenvalue weighted by atomic mass is 32.1. The van der Waals surface area contributed by atoms with Crippen LogP contribution in [0.25, 0.3) is 0 Å². The van der Waals surface area contributed by atoms with E-state index in [1.54, 1.807) is 18.3 Å². The summed E-state index contributed by atoms with van der Waals surface area (Å²) in [5, 5.41) is 3.25. The average Bonchev–Trinajstić information content (AvgIpc) is 3.53. The number of nitrogens with one attached hydrogen (secondary N) is 1. The molecule has 158 valence electrons. The van der Waals surface area contributed by atoms with Gasteiger partial charge in [-0.05, 0) is 35.9 Å². The molecular weight excluding hydrogens is 426 g/mol. The van der Waals surface area contributed by atoms with Crippen molar-refractivity contribution in [3.05, 3.63) is 106 Å². The molecule has 0 bridgehead atoms. The minimum Gasteiger partial charge on any atom is -0.467 e. The van der Waals surface area contributed by atoms with Gasteiger partial charge in [0.15, 0.2) is 5.13 Å². The van der Waals surface area contributed by atoms with E-state index >= 15 is 0 Å². The van der Waals surface area contributed by atoms with Crippen molar-refractivity contribution in [2.75, 3.05) is 5.32 Å². The van der Waals surface area contributed by atoms with Gasteiger partial charge in [0.25, 0.3) is 17.7 Å². The standard InChI is InChI=1S/C24H17N3O4S/c28-21(26-24-25-13-18(32-24)11-15-5-2-1-3-6-15)16-8-9-19-20(12-16)23(30)27(22(19)29)14-17-7-4-10-31-17/h1-10,12-13H,11,14H2,(H,25,26,28). The number of imide groups is 1. The second-order valence-corrected chi connectivity index (χ2v) is 8.40. The summed E-state index contributed by atoms with van der Waals surface area (Å²) in [5.41, 5.74) is 1.93. The van der Waals surface area contributed by atoms with E-state index < -0.39 is 17.7 Å². The zero-order valence-corrected chi connectivity index (χ0v) is 17.6. The van der Waals surface area contributed by atoms with Crippen molar-refractivity contribution in [1.29, 1.82) is 0 Å². The van der Waals surface area contributed by atoms with Gasteiger partial charge in [-0.1, -0.05) is 30.3 Å². The van der Waals surface area contributed by atoms with Gasteiger partial charge >= 0.3 is 0 Å². The number of carbonyl (C=O) groups is 3. The molecule has 2 aromatic carbocycles. The molecule has 0 unspecified atom stereocenters. The molecular formula is C24H17N3O4S. The first-order valence-corrected chi connectivity index (χ1v) is 10.7. The van der Waals surface area contributed by atoms with E-state index in [1.165, 1.54) is 35.8 Å². The molecule has 0 spiro atoms. The number of nitrogens with zero attached hydrogens (tertiary/aromatic N) is 2. The minimum absolute atomic E-state index is 0.0458. The summed E-state index contributed by atoms with van der Waals surface area (Å²) in [6.07, 6.45) is 3.96. The molecule has 3 heterocycles. The fourth-order valence-corrected chi connectivity index (χ4v) is 4.39. The highest BCUT2D eigenvalue weighted by Crippen LogP contribution is 2.27. The molecule has 32 heavy (non-hydrogen) atoms. The summed E-state index contributed by atoms with van der Waals surface area (Å²) in [6.45, 7) is 0.0458. The number of furan rings is 1. The van der Waals surface area contributed by atoms with E-state index in [0.717, 1.165) is 21.8 Å². The minimum atomic E-state index is -0.449. The Morgan fingerprint density at radius 1 is 1.00 bits per heavy atom. The van der Waals surface area contributed by atoms with Gasteiger partial charge < -0.3 is 4.42 Å². The second kappa shape index (κ2) is 8.24. The first-order valence-electron chi connectivity index (χ1n) is 9.91. The number of hydrogen-bond donors (Lipinski definition) is 1. The van der Waals surface area contributed by atoms with Gasteiger partial charge in [0, 0.05) is 23.1 Å². The van der Waals surface area contributed by atoms with Crippen LogP contribution in [0.3, 0.4) is 0 Å². The van der Waals surface area contributed by atoms with Crippen LogP contribution < -0.4 is 5.32 Å². The van der Waals surface area contributed by atoms with E-state index in [0.29, 0.717) is 10.9 Å². The molecule has 8 heteroatoms. The number of rotatable bonds is 6. The number of amides is 3. The van der Waals surface area contributed by atoms with E-state index in [9.17, 15) is 14.4 Å². The molecule has 0 atom stereocenters. The average molecular weight is 443 g/mol. The van der Waals surface area contributed by atoms with Crippen LogP contribution in [0.1, 0.15) is 47.3 Å². The molecule has 7 nitrogen and oxygen atoms in total. The predicted molar refractivity (Wildman–Crippen MR) is 119 cm³/mol. The van der Waals surface area contributed by atoms with Crippen molar-refractivity contribution in [1.82, 2.24) is 9.88 Å². The number of anilines is 1. The number of fused-ring (bicyclic) bond motifs is 1. The van der Waals surface area contributed by atoms with Crippen molar-refractivity contribution in [3.63, 3.8) is 0 Å². The van der Waals surface area contributed by atoms with Crippen LogP contribution in [0.5, 0.6) is 0 Å². The summed E-state index contributed by atoms with van der Waals surface area (Å²) < 4.78 is 5.24. The van der Waals surface area contributed by atoms with Crippen molar-refractivity contribution >= 4 is 34.2 Å². The molecule has 0 radical (unpaired) electrons. The largest absolute Gasteiger partial charge is 0.467 e. The van der Waals surface area contributed by atoms with Crippen LogP contribution in [-0.4, -0.2) is 27.6 Å². The predicted octanol–water partition coefficient (Wildman–Crippen LogP) is 4.38. The zero-order chi connectivity index (χ0) is 22.1. The third kappa shape index (κ3) is 3.83. The molecule has 0 aliphatic carbocycles. The quantitative estimate of drug-likeness (QED) is 0.447. The Balaban J connectivity index is 1.30. The number of thiazole rings is 1. The van der Waals surface area contributed by atoms with Gasteiger partial charge in [-0.15, -0.1) is 11.3 Å². The number of carbonyl (C=O) groups excluding carboxylic acids is 3. The molecule has 1 N–H and O–H groups in total. The van der Waals surface area contributed by atoms with Crippen molar-refractivity contribution in [3.8, 4) is 0 Å². The van der Waals surface area contributed by atoms with Crippen LogP contribution in [0.15, 0.2) is 77.5 Å². The van der Waals surface area contributed by atoms with Gasteiger partial charge in [0.05, 0.1) is 23.9 Å². The summed E-state index contributed by atoms with van der Waals surface area (Å²) in [6, 6.07) is 17.9. The molecule has 2 aromatic heterocycles. The molecule has 5 rings (SSSR count). The molecule has 1 aliphatic heterocycles. The first kappa shape index (κ1) is 19.9. The SMILES string of the molecule is O=C(Nc1ncc(Cc2ccccc2)s1)c1ccc2c(c1)C(=O)N(Cc1ccco1)C2=O. The number of hydrogen-bond acceptors (Lipinski definition) is 6. The molecule has 0 fully saturated rings. The smallest absolute Gasteiger partial charge is 0.261 e. The Kier molecular flexibility index (Phi) is 5.12. The lowest BCUT2D eigenvalue weighted by molar-refractivity contribution is 0.0631. The molecule has 0 saturated carbocycles. The Morgan fingerprint density at radius 3 is 2.59 bits per heavy atom. The molecule has 4 aromatic rings. The van der Waals surface area contributed by atoms with Crippen LogP contribution in [0, 0.1) is 0 Å². The van der Waals surface area contributed by atoms with Crippen molar-refractivity contribution < 1.29 is 18.8 Å². The van der Waals surface area contributed by atoms with Crippen LogP contribution in [0.2, 0.25) is 0 Å². The van der Waals surface area contributed by atoms with Crippen LogP contribution >= 0.6 is 11.3 Å². The maximum absolute atomic E-state index is 12.8. The Labute approximate surface area is 187 Å². The molecule has 3 amide bonds. The van der Waals surface area contributed by atoms with E-state index in [-0.39, 0.29) is 23.2 Å². The topological polar surface area (TPSA) is 92.5 Å². The van der Waals surface area contributed by atoms with Gasteiger partial charge in [-0.25, -0.2) is 4.98 Å². The van der Waals surface area contributed by atoms with E-state index in [2.05, 4.69) is 10.3 Å². The summed E-state index contributed by atoms with van der Waals surface area (Å²) >= 11 is 1.40. The third-order valence-electron chi connectivity index (χ3n) is 5.12. The summed E-state index contributed by atoms with van der Waals surface area (Å²) in [7, 11) is 0. The number of aromatic nitrogens is 1. The zero-order valence-electron chi connectivity index (χ0n) is 16.8. The van der Waals surface area contributed by atoms with Gasteiger partial charge in [-0.2, -0.15) is 0 Å². The normalized spacial score (nSPS) is 12.8. The van der Waals surface area contributed by atoms with Crippen LogP contribution in [0.4, 0.5) is 5.13 Å². The van der Waals surface area contributed by atoms with Gasteiger partial charge in [0.2, 0.25) is 0 Å². The Hall–Kier alpha value is -4.04. The van der Waals surface area contributed by atoms with Crippen LogP contribution in [-0.2, 0) is 13.0 Å².